The zero-order valence-corrected chi connectivity index (χ0v) is 15.3. The standard InChI is InChI=1S/C19H20N2O5S/c22-18(20-15-9-10-15)14-7-4-8-16(12-14)27(25,26)21-17(19(23)24)11-13-5-2-1-3-6-13/h1-8,12,15,17,21H,9-11H2,(H,20,22)(H,23,24)/t17-/m1/s1. The quantitative estimate of drug-likeness (QED) is 0.635. The summed E-state index contributed by atoms with van der Waals surface area (Å²) in [6.45, 7) is 0. The van der Waals surface area contributed by atoms with Crippen molar-refractivity contribution in [3.63, 3.8) is 0 Å². The highest BCUT2D eigenvalue weighted by atomic mass is 32.2. The van der Waals surface area contributed by atoms with Gasteiger partial charge in [-0.2, -0.15) is 4.72 Å². The molecule has 1 saturated carbocycles. The molecule has 1 atom stereocenters. The summed E-state index contributed by atoms with van der Waals surface area (Å²) in [5.74, 6) is -1.61. The van der Waals surface area contributed by atoms with Crippen LogP contribution in [0.5, 0.6) is 0 Å². The molecule has 0 unspecified atom stereocenters. The lowest BCUT2D eigenvalue weighted by Crippen LogP contribution is -2.42. The average molecular weight is 388 g/mol. The number of rotatable bonds is 8. The first-order chi connectivity index (χ1) is 12.8. The lowest BCUT2D eigenvalue weighted by Gasteiger charge is -2.15. The van der Waals surface area contributed by atoms with E-state index in [9.17, 15) is 23.1 Å². The van der Waals surface area contributed by atoms with E-state index in [1.165, 1.54) is 24.3 Å². The monoisotopic (exact) mass is 388 g/mol. The Hall–Kier alpha value is -2.71. The number of carbonyl (C=O) groups excluding carboxylic acids is 1. The number of hydrogen-bond donors (Lipinski definition) is 3. The van der Waals surface area contributed by atoms with Gasteiger partial charge in [0.25, 0.3) is 5.91 Å². The second kappa shape index (κ2) is 7.89. The molecule has 3 N–H and O–H groups in total. The summed E-state index contributed by atoms with van der Waals surface area (Å²) in [6, 6.07) is 13.2. The predicted octanol–water partition coefficient (Wildman–Crippen LogP) is 1.55. The number of aliphatic carboxylic acids is 1. The molecule has 2 aromatic rings. The zero-order valence-electron chi connectivity index (χ0n) is 14.5. The second-order valence-corrected chi connectivity index (χ2v) is 8.19. The molecule has 2 aromatic carbocycles. The van der Waals surface area contributed by atoms with E-state index in [0.29, 0.717) is 5.56 Å². The van der Waals surface area contributed by atoms with Crippen LogP contribution in [0, 0.1) is 0 Å². The van der Waals surface area contributed by atoms with Crippen molar-refractivity contribution in [3.05, 3.63) is 65.7 Å². The van der Waals surface area contributed by atoms with Gasteiger partial charge in [-0.05, 0) is 43.0 Å². The van der Waals surface area contributed by atoms with Gasteiger partial charge in [0, 0.05) is 11.6 Å². The van der Waals surface area contributed by atoms with Crippen LogP contribution in [0.3, 0.4) is 0 Å². The first-order valence-electron chi connectivity index (χ1n) is 8.55. The number of benzene rings is 2. The lowest BCUT2D eigenvalue weighted by atomic mass is 10.1. The van der Waals surface area contributed by atoms with Crippen LogP contribution in [0.1, 0.15) is 28.8 Å². The second-order valence-electron chi connectivity index (χ2n) is 6.48. The maximum atomic E-state index is 12.6. The van der Waals surface area contributed by atoms with E-state index in [4.69, 9.17) is 0 Å². The van der Waals surface area contributed by atoms with E-state index in [-0.39, 0.29) is 28.8 Å². The van der Waals surface area contributed by atoms with Crippen LogP contribution in [-0.2, 0) is 21.2 Å². The molecule has 1 amide bonds. The van der Waals surface area contributed by atoms with Gasteiger partial charge in [-0.1, -0.05) is 36.4 Å². The van der Waals surface area contributed by atoms with Crippen LogP contribution >= 0.6 is 0 Å². The molecule has 0 heterocycles. The van der Waals surface area contributed by atoms with Gasteiger partial charge in [0.15, 0.2) is 0 Å². The van der Waals surface area contributed by atoms with Gasteiger partial charge < -0.3 is 10.4 Å². The summed E-state index contributed by atoms with van der Waals surface area (Å²) in [6.07, 6.45) is 1.85. The van der Waals surface area contributed by atoms with E-state index >= 15 is 0 Å². The van der Waals surface area contributed by atoms with Gasteiger partial charge in [0.05, 0.1) is 4.90 Å². The predicted molar refractivity (Wildman–Crippen MR) is 98.8 cm³/mol. The molecular weight excluding hydrogens is 368 g/mol. The molecule has 142 valence electrons. The van der Waals surface area contributed by atoms with Crippen molar-refractivity contribution >= 4 is 21.9 Å². The molecule has 0 aromatic heterocycles. The van der Waals surface area contributed by atoms with Gasteiger partial charge in [-0.3, -0.25) is 9.59 Å². The minimum atomic E-state index is -4.10. The Morgan fingerprint density at radius 1 is 1.07 bits per heavy atom. The van der Waals surface area contributed by atoms with Crippen LogP contribution in [0.4, 0.5) is 0 Å². The summed E-state index contributed by atoms with van der Waals surface area (Å²) in [4.78, 5) is 23.5. The van der Waals surface area contributed by atoms with E-state index < -0.39 is 22.0 Å². The van der Waals surface area contributed by atoms with Crippen molar-refractivity contribution in [1.82, 2.24) is 10.0 Å². The Balaban J connectivity index is 1.77. The van der Waals surface area contributed by atoms with E-state index in [2.05, 4.69) is 10.0 Å². The highest BCUT2D eigenvalue weighted by Crippen LogP contribution is 2.20. The van der Waals surface area contributed by atoms with E-state index in [1.807, 2.05) is 0 Å². The minimum absolute atomic E-state index is 0.0112. The van der Waals surface area contributed by atoms with Crippen LogP contribution in [0.2, 0.25) is 0 Å². The Bertz CT molecular complexity index is 940. The first kappa shape index (κ1) is 19.1. The van der Waals surface area contributed by atoms with Crippen LogP contribution in [0.25, 0.3) is 0 Å². The number of carboxylic acid groups (broad SMARTS) is 1. The molecule has 1 aliphatic rings. The van der Waals surface area contributed by atoms with Gasteiger partial charge in [0.2, 0.25) is 10.0 Å². The van der Waals surface area contributed by atoms with Crippen LogP contribution < -0.4 is 10.0 Å². The van der Waals surface area contributed by atoms with Crippen LogP contribution in [0.15, 0.2) is 59.5 Å². The molecule has 0 bridgehead atoms. The molecule has 1 aliphatic carbocycles. The topological polar surface area (TPSA) is 113 Å². The highest BCUT2D eigenvalue weighted by molar-refractivity contribution is 7.89. The Labute approximate surface area is 157 Å². The number of hydrogen-bond acceptors (Lipinski definition) is 4. The average Bonchev–Trinajstić information content (AvgIpc) is 3.46. The normalized spacial score (nSPS) is 15.1. The molecule has 27 heavy (non-hydrogen) atoms. The molecular formula is C19H20N2O5S. The van der Waals surface area contributed by atoms with E-state index in [1.54, 1.807) is 30.3 Å². The van der Waals surface area contributed by atoms with Crippen molar-refractivity contribution in [2.24, 2.45) is 0 Å². The maximum Gasteiger partial charge on any atom is 0.322 e. The summed E-state index contributed by atoms with van der Waals surface area (Å²) in [7, 11) is -4.10. The number of nitrogens with one attached hydrogen (secondary N) is 2. The van der Waals surface area contributed by atoms with Crippen LogP contribution in [-0.4, -0.2) is 37.5 Å². The van der Waals surface area contributed by atoms with Crippen molar-refractivity contribution in [2.75, 3.05) is 0 Å². The number of amides is 1. The van der Waals surface area contributed by atoms with Gasteiger partial charge >= 0.3 is 5.97 Å². The lowest BCUT2D eigenvalue weighted by molar-refractivity contribution is -0.138. The summed E-state index contributed by atoms with van der Waals surface area (Å²) in [5.41, 5.74) is 0.921. The number of carboxylic acids is 1. The largest absolute Gasteiger partial charge is 0.480 e. The Kier molecular flexibility index (Phi) is 5.57. The first-order valence-corrected chi connectivity index (χ1v) is 10.0. The van der Waals surface area contributed by atoms with Gasteiger partial charge in [-0.25, -0.2) is 8.42 Å². The maximum absolute atomic E-state index is 12.6. The van der Waals surface area contributed by atoms with Crippen molar-refractivity contribution in [3.8, 4) is 0 Å². The van der Waals surface area contributed by atoms with Crippen molar-refractivity contribution < 1.29 is 23.1 Å². The molecule has 8 heteroatoms. The van der Waals surface area contributed by atoms with Crippen molar-refractivity contribution in [2.45, 2.75) is 36.2 Å². The third kappa shape index (κ3) is 5.15. The molecule has 0 spiro atoms. The fourth-order valence-electron chi connectivity index (χ4n) is 2.59. The summed E-state index contributed by atoms with van der Waals surface area (Å²) >= 11 is 0. The van der Waals surface area contributed by atoms with Gasteiger partial charge in [-0.15, -0.1) is 0 Å². The number of sulfonamides is 1. The van der Waals surface area contributed by atoms with E-state index in [0.717, 1.165) is 12.8 Å². The third-order valence-corrected chi connectivity index (χ3v) is 5.67. The van der Waals surface area contributed by atoms with Gasteiger partial charge in [0.1, 0.15) is 6.04 Å². The fraction of sp³-hybridized carbons (Fsp3) is 0.263. The fourth-order valence-corrected chi connectivity index (χ4v) is 3.82. The smallest absolute Gasteiger partial charge is 0.322 e. The van der Waals surface area contributed by atoms with Crippen molar-refractivity contribution in [1.29, 1.82) is 0 Å². The summed E-state index contributed by atoms with van der Waals surface area (Å²) in [5, 5.41) is 12.2. The Morgan fingerprint density at radius 3 is 2.41 bits per heavy atom. The molecule has 3 rings (SSSR count). The summed E-state index contributed by atoms with van der Waals surface area (Å²) < 4.78 is 27.5. The minimum Gasteiger partial charge on any atom is -0.480 e. The Morgan fingerprint density at radius 2 is 1.78 bits per heavy atom. The molecule has 1 fully saturated rings. The molecule has 0 saturated heterocycles. The third-order valence-electron chi connectivity index (χ3n) is 4.20. The number of carbonyl (C=O) groups is 2. The highest BCUT2D eigenvalue weighted by Gasteiger charge is 2.27. The molecule has 0 aliphatic heterocycles. The molecule has 7 nitrogen and oxygen atoms in total. The zero-order chi connectivity index (χ0) is 19.4. The SMILES string of the molecule is O=C(NC1CC1)c1cccc(S(=O)(=O)N[C@H](Cc2ccccc2)C(=O)O)c1. The molecule has 0 radical (unpaired) electrons.